The van der Waals surface area contributed by atoms with Crippen molar-refractivity contribution in [2.45, 2.75) is 51.5 Å². The molecule has 0 saturated carbocycles. The van der Waals surface area contributed by atoms with Crippen molar-refractivity contribution in [2.24, 2.45) is 5.92 Å². The van der Waals surface area contributed by atoms with E-state index in [9.17, 15) is 4.79 Å². The standard InChI is InChI=1S/C25H30N4O2S/c1-19(2)12-15-29-23(17-31-22-10-4-3-5-11-22)26-27-25(29)32-18-24(30)28-14-13-20-8-6-7-9-21(20)16-28/h3-11,19H,12-18H2,1-2H3. The fraction of sp³-hybridized carbons (Fsp3) is 0.400. The first-order valence-electron chi connectivity index (χ1n) is 11.2. The molecule has 0 spiro atoms. The predicted octanol–water partition coefficient (Wildman–Crippen LogP) is 4.58. The number of fused-ring (bicyclic) bond motifs is 1. The lowest BCUT2D eigenvalue weighted by molar-refractivity contribution is -0.129. The van der Waals surface area contributed by atoms with Crippen LogP contribution in [0, 0.1) is 5.92 Å². The highest BCUT2D eigenvalue weighted by atomic mass is 32.2. The van der Waals surface area contributed by atoms with Crippen LogP contribution in [0.5, 0.6) is 5.75 Å². The summed E-state index contributed by atoms with van der Waals surface area (Å²) in [5.41, 5.74) is 2.60. The predicted molar refractivity (Wildman–Crippen MR) is 127 cm³/mol. The lowest BCUT2D eigenvalue weighted by Gasteiger charge is -2.28. The molecule has 0 fully saturated rings. The van der Waals surface area contributed by atoms with Crippen molar-refractivity contribution < 1.29 is 9.53 Å². The summed E-state index contributed by atoms with van der Waals surface area (Å²) >= 11 is 1.47. The number of carbonyl (C=O) groups is 1. The van der Waals surface area contributed by atoms with Gasteiger partial charge in [0.2, 0.25) is 5.91 Å². The Kier molecular flexibility index (Phi) is 7.47. The maximum Gasteiger partial charge on any atom is 0.233 e. The van der Waals surface area contributed by atoms with E-state index in [0.29, 0.717) is 24.8 Å². The molecule has 0 unspecified atom stereocenters. The van der Waals surface area contributed by atoms with Crippen LogP contribution in [0.15, 0.2) is 59.8 Å². The number of benzene rings is 2. The normalized spacial score (nSPS) is 13.3. The topological polar surface area (TPSA) is 60.2 Å². The van der Waals surface area contributed by atoms with Crippen molar-refractivity contribution in [3.8, 4) is 5.75 Å². The van der Waals surface area contributed by atoms with Crippen molar-refractivity contribution in [3.05, 3.63) is 71.5 Å². The number of ether oxygens (including phenoxy) is 1. The summed E-state index contributed by atoms with van der Waals surface area (Å²) in [4.78, 5) is 14.8. The van der Waals surface area contributed by atoms with Gasteiger partial charge in [-0.3, -0.25) is 4.79 Å². The Labute approximate surface area is 194 Å². The molecule has 0 radical (unpaired) electrons. The quantitative estimate of drug-likeness (QED) is 0.447. The molecule has 6 nitrogen and oxygen atoms in total. The minimum atomic E-state index is 0.144. The van der Waals surface area contributed by atoms with Gasteiger partial charge >= 0.3 is 0 Å². The number of hydrogen-bond donors (Lipinski definition) is 0. The minimum Gasteiger partial charge on any atom is -0.486 e. The number of para-hydroxylation sites is 1. The lowest BCUT2D eigenvalue weighted by Crippen LogP contribution is -2.37. The van der Waals surface area contributed by atoms with E-state index in [-0.39, 0.29) is 5.91 Å². The van der Waals surface area contributed by atoms with Gasteiger partial charge in [-0.25, -0.2) is 0 Å². The Morgan fingerprint density at radius 2 is 1.81 bits per heavy atom. The van der Waals surface area contributed by atoms with Crippen LogP contribution in [0.1, 0.15) is 37.2 Å². The van der Waals surface area contributed by atoms with E-state index in [1.165, 1.54) is 22.9 Å². The lowest BCUT2D eigenvalue weighted by atomic mass is 10.00. The number of amides is 1. The maximum absolute atomic E-state index is 12.9. The van der Waals surface area contributed by atoms with Gasteiger partial charge in [-0.2, -0.15) is 0 Å². The van der Waals surface area contributed by atoms with Crippen molar-refractivity contribution in [2.75, 3.05) is 12.3 Å². The number of nitrogens with zero attached hydrogens (tertiary/aromatic N) is 4. The molecule has 1 aliphatic heterocycles. The maximum atomic E-state index is 12.9. The van der Waals surface area contributed by atoms with Crippen LogP contribution in [0.2, 0.25) is 0 Å². The van der Waals surface area contributed by atoms with E-state index in [2.05, 4.69) is 46.8 Å². The smallest absolute Gasteiger partial charge is 0.233 e. The highest BCUT2D eigenvalue weighted by Crippen LogP contribution is 2.23. The number of aromatic nitrogens is 3. The van der Waals surface area contributed by atoms with Crippen LogP contribution in [-0.2, 0) is 30.9 Å². The van der Waals surface area contributed by atoms with Gasteiger partial charge in [0, 0.05) is 19.6 Å². The Morgan fingerprint density at radius 3 is 2.59 bits per heavy atom. The number of hydrogen-bond acceptors (Lipinski definition) is 5. The third-order valence-corrected chi connectivity index (χ3v) is 6.59. The zero-order valence-electron chi connectivity index (χ0n) is 18.7. The van der Waals surface area contributed by atoms with Crippen LogP contribution in [0.4, 0.5) is 0 Å². The summed E-state index contributed by atoms with van der Waals surface area (Å²) in [5, 5.41) is 9.54. The molecule has 4 rings (SSSR count). The van der Waals surface area contributed by atoms with Gasteiger partial charge in [0.15, 0.2) is 11.0 Å². The van der Waals surface area contributed by atoms with Gasteiger partial charge < -0.3 is 14.2 Å². The molecule has 0 N–H and O–H groups in total. The minimum absolute atomic E-state index is 0.144. The van der Waals surface area contributed by atoms with E-state index in [0.717, 1.165) is 42.7 Å². The van der Waals surface area contributed by atoms with E-state index in [1.807, 2.05) is 41.3 Å². The van der Waals surface area contributed by atoms with Gasteiger partial charge in [-0.15, -0.1) is 10.2 Å². The second-order valence-corrected chi connectivity index (χ2v) is 9.40. The van der Waals surface area contributed by atoms with E-state index >= 15 is 0 Å². The van der Waals surface area contributed by atoms with Crippen molar-refractivity contribution in [1.82, 2.24) is 19.7 Å². The monoisotopic (exact) mass is 450 g/mol. The van der Waals surface area contributed by atoms with Gasteiger partial charge in [-0.1, -0.05) is 68.1 Å². The van der Waals surface area contributed by atoms with Crippen LogP contribution >= 0.6 is 11.8 Å². The molecular weight excluding hydrogens is 420 g/mol. The first-order valence-corrected chi connectivity index (χ1v) is 12.2. The molecule has 7 heteroatoms. The largest absolute Gasteiger partial charge is 0.486 e. The SMILES string of the molecule is CC(C)CCn1c(COc2ccccc2)nnc1SCC(=O)N1CCc2ccccc2C1. The molecule has 2 heterocycles. The molecule has 3 aromatic rings. The molecular formula is C25H30N4O2S. The van der Waals surface area contributed by atoms with Crippen molar-refractivity contribution in [3.63, 3.8) is 0 Å². The number of carbonyl (C=O) groups excluding carboxylic acids is 1. The molecule has 2 aromatic carbocycles. The first kappa shape index (κ1) is 22.4. The summed E-state index contributed by atoms with van der Waals surface area (Å²) in [7, 11) is 0. The molecule has 1 aliphatic rings. The molecule has 32 heavy (non-hydrogen) atoms. The second-order valence-electron chi connectivity index (χ2n) is 8.46. The van der Waals surface area contributed by atoms with E-state index < -0.39 is 0 Å². The zero-order chi connectivity index (χ0) is 22.3. The van der Waals surface area contributed by atoms with Crippen LogP contribution < -0.4 is 4.74 Å². The highest BCUT2D eigenvalue weighted by molar-refractivity contribution is 7.99. The van der Waals surface area contributed by atoms with E-state index in [1.54, 1.807) is 0 Å². The average Bonchev–Trinajstić information content (AvgIpc) is 3.21. The fourth-order valence-electron chi connectivity index (χ4n) is 3.74. The molecule has 0 aliphatic carbocycles. The molecule has 0 saturated heterocycles. The van der Waals surface area contributed by atoms with Crippen LogP contribution in [0.25, 0.3) is 0 Å². The first-order chi connectivity index (χ1) is 15.6. The highest BCUT2D eigenvalue weighted by Gasteiger charge is 2.22. The summed E-state index contributed by atoms with van der Waals surface area (Å²) in [6.45, 7) is 7.03. The Morgan fingerprint density at radius 1 is 1.06 bits per heavy atom. The Hall–Kier alpha value is -2.80. The number of thioether (sulfide) groups is 1. The molecule has 1 amide bonds. The summed E-state index contributed by atoms with van der Waals surface area (Å²) in [5.74, 6) is 2.66. The van der Waals surface area contributed by atoms with Gasteiger partial charge in [0.25, 0.3) is 0 Å². The zero-order valence-corrected chi connectivity index (χ0v) is 19.6. The van der Waals surface area contributed by atoms with Gasteiger partial charge in [0.05, 0.1) is 5.75 Å². The van der Waals surface area contributed by atoms with Crippen molar-refractivity contribution >= 4 is 17.7 Å². The third-order valence-electron chi connectivity index (χ3n) is 5.64. The number of rotatable bonds is 9. The average molecular weight is 451 g/mol. The summed E-state index contributed by atoms with van der Waals surface area (Å²) < 4.78 is 8.00. The van der Waals surface area contributed by atoms with Crippen molar-refractivity contribution in [1.29, 1.82) is 0 Å². The molecule has 1 aromatic heterocycles. The molecule has 0 bridgehead atoms. The van der Waals surface area contributed by atoms with Crippen LogP contribution in [-0.4, -0.2) is 37.9 Å². The van der Waals surface area contributed by atoms with Gasteiger partial charge in [-0.05, 0) is 42.0 Å². The molecule has 168 valence electrons. The Balaban J connectivity index is 1.39. The summed E-state index contributed by atoms with van der Waals surface area (Å²) in [6, 6.07) is 18.1. The summed E-state index contributed by atoms with van der Waals surface area (Å²) in [6.07, 6.45) is 1.93. The van der Waals surface area contributed by atoms with Gasteiger partial charge in [0.1, 0.15) is 12.4 Å². The van der Waals surface area contributed by atoms with E-state index in [4.69, 9.17) is 4.74 Å². The third kappa shape index (κ3) is 5.71. The Bertz CT molecular complexity index is 1040. The van der Waals surface area contributed by atoms with Crippen LogP contribution in [0.3, 0.4) is 0 Å². The molecule has 0 atom stereocenters. The fourth-order valence-corrected chi connectivity index (χ4v) is 4.62. The second kappa shape index (κ2) is 10.7.